The van der Waals surface area contributed by atoms with E-state index in [9.17, 15) is 29.7 Å². The fourth-order valence-corrected chi connectivity index (χ4v) is 5.00. The van der Waals surface area contributed by atoms with Crippen LogP contribution in [-0.4, -0.2) is 83.3 Å². The molecule has 0 spiro atoms. The van der Waals surface area contributed by atoms with Crippen molar-refractivity contribution in [2.24, 2.45) is 5.92 Å². The summed E-state index contributed by atoms with van der Waals surface area (Å²) >= 11 is 0. The molecule has 10 heteroatoms. The second-order valence-corrected chi connectivity index (χ2v) is 11.9. The van der Waals surface area contributed by atoms with Crippen LogP contribution in [0.1, 0.15) is 117 Å². The van der Waals surface area contributed by atoms with E-state index in [1.165, 1.54) is 71.0 Å². The zero-order valence-electron chi connectivity index (χ0n) is 26.4. The van der Waals surface area contributed by atoms with E-state index in [1.54, 1.807) is 6.08 Å². The van der Waals surface area contributed by atoms with Gasteiger partial charge in [-0.2, -0.15) is 0 Å². The summed E-state index contributed by atoms with van der Waals surface area (Å²) in [5.74, 6) is -1.40. The normalized spacial score (nSPS) is 20.5. The van der Waals surface area contributed by atoms with E-state index >= 15 is 0 Å². The highest BCUT2D eigenvalue weighted by Gasteiger charge is 2.37. The lowest BCUT2D eigenvalue weighted by Crippen LogP contribution is -2.55. The molecule has 2 amide bonds. The Hall–Kier alpha value is -2.01. The molecule has 10 nitrogen and oxygen atoms in total. The van der Waals surface area contributed by atoms with Crippen molar-refractivity contribution in [3.05, 3.63) is 12.2 Å². The molecule has 1 rings (SSSR count). The van der Waals surface area contributed by atoms with Crippen molar-refractivity contribution in [2.45, 2.75) is 154 Å². The van der Waals surface area contributed by atoms with Crippen LogP contribution in [0, 0.1) is 5.92 Å². The van der Waals surface area contributed by atoms with Gasteiger partial charge in [-0.1, -0.05) is 104 Å². The first-order valence-corrected chi connectivity index (χ1v) is 16.1. The van der Waals surface area contributed by atoms with E-state index in [-0.39, 0.29) is 24.9 Å². The first-order chi connectivity index (χ1) is 20.1. The van der Waals surface area contributed by atoms with Gasteiger partial charge in [0, 0.05) is 13.5 Å². The molecule has 42 heavy (non-hydrogen) atoms. The van der Waals surface area contributed by atoms with Crippen LogP contribution in [0.25, 0.3) is 0 Å². The largest absolute Gasteiger partial charge is 0.460 e. The molecular formula is C32H58N2O8. The lowest BCUT2D eigenvalue weighted by Gasteiger charge is -2.28. The number of carbonyl (C=O) groups is 3. The van der Waals surface area contributed by atoms with Crippen molar-refractivity contribution >= 4 is 17.8 Å². The summed E-state index contributed by atoms with van der Waals surface area (Å²) in [4.78, 5) is 37.8. The Labute approximate surface area is 253 Å². The molecule has 6 atom stereocenters. The van der Waals surface area contributed by atoms with Gasteiger partial charge < -0.3 is 35.4 Å². The predicted molar refractivity (Wildman–Crippen MR) is 163 cm³/mol. The molecule has 0 saturated carbocycles. The van der Waals surface area contributed by atoms with Gasteiger partial charge >= 0.3 is 5.97 Å². The maximum atomic E-state index is 12.8. The number of hydrogen-bond donors (Lipinski definition) is 5. The molecule has 0 aromatic rings. The van der Waals surface area contributed by atoms with Gasteiger partial charge in [-0.3, -0.25) is 14.4 Å². The second kappa shape index (κ2) is 22.5. The summed E-state index contributed by atoms with van der Waals surface area (Å²) in [5, 5.41) is 36.1. The monoisotopic (exact) mass is 598 g/mol. The van der Waals surface area contributed by atoms with Crippen molar-refractivity contribution in [3.63, 3.8) is 0 Å². The number of aliphatic hydroxyl groups excluding tert-OH is 3. The lowest BCUT2D eigenvalue weighted by atomic mass is 10.00. The van der Waals surface area contributed by atoms with E-state index in [0.29, 0.717) is 12.8 Å². The summed E-state index contributed by atoms with van der Waals surface area (Å²) in [6, 6.07) is -0.926. The molecule has 0 aromatic heterocycles. The maximum absolute atomic E-state index is 12.8. The third kappa shape index (κ3) is 16.0. The molecule has 0 aliphatic carbocycles. The van der Waals surface area contributed by atoms with Crippen LogP contribution in [-0.2, 0) is 23.9 Å². The molecule has 5 N–H and O–H groups in total. The third-order valence-electron chi connectivity index (χ3n) is 7.66. The van der Waals surface area contributed by atoms with Gasteiger partial charge in [0.15, 0.2) is 6.10 Å². The molecule has 244 valence electrons. The molecule has 0 radical (unpaired) electrons. The summed E-state index contributed by atoms with van der Waals surface area (Å²) < 4.78 is 10.7. The molecule has 1 saturated heterocycles. The van der Waals surface area contributed by atoms with Crippen molar-refractivity contribution < 1.29 is 39.2 Å². The maximum Gasteiger partial charge on any atom is 0.306 e. The van der Waals surface area contributed by atoms with E-state index < -0.39 is 48.4 Å². The smallest absolute Gasteiger partial charge is 0.306 e. The molecule has 1 aliphatic rings. The molecular weight excluding hydrogens is 540 g/mol. The van der Waals surface area contributed by atoms with Crippen molar-refractivity contribution in [1.29, 1.82) is 0 Å². The van der Waals surface area contributed by atoms with E-state index in [0.717, 1.165) is 19.3 Å². The van der Waals surface area contributed by atoms with E-state index in [4.69, 9.17) is 9.47 Å². The van der Waals surface area contributed by atoms with Crippen LogP contribution < -0.4 is 10.6 Å². The van der Waals surface area contributed by atoms with Gasteiger partial charge in [0.1, 0.15) is 30.5 Å². The first kappa shape index (κ1) is 38.0. The number of aliphatic hydroxyl groups is 3. The predicted octanol–water partition coefficient (Wildman–Crippen LogP) is 3.69. The van der Waals surface area contributed by atoms with Crippen LogP contribution in [0.3, 0.4) is 0 Å². The van der Waals surface area contributed by atoms with Crippen molar-refractivity contribution in [2.75, 3.05) is 13.7 Å². The number of methoxy groups -OCH3 is 1. The SMILES string of the molecule is CCCCCCCCCCCCCCC(=O)O[C@H]1CC[C@H](NC(=O)[C@H](OC)[C@H](O)[C@@H](O)[C@H](O)/C=C/C(C)C)C(=O)NC1. The molecule has 1 heterocycles. The standard InChI is InChI=1S/C32H58N2O8/c1-5-6-7-8-9-10-11-12-13-14-15-16-17-27(36)42-24-19-20-25(31(39)33-22-24)34-32(40)30(41-4)29(38)28(37)26(35)21-18-23(2)3/h18,21,23-26,28-30,35,37-38H,5-17,19-20,22H2,1-4H3,(H,33,39)(H,34,40)/b21-18+/t24-,25-,26+,28-,29+,30+/m0/s1. The Balaban J connectivity index is 2.36. The van der Waals surface area contributed by atoms with Crippen molar-refractivity contribution in [1.82, 2.24) is 10.6 Å². The second-order valence-electron chi connectivity index (χ2n) is 11.9. The molecule has 0 unspecified atom stereocenters. The minimum atomic E-state index is -1.73. The average molecular weight is 599 g/mol. The molecule has 1 aliphatic heterocycles. The number of hydrogen-bond acceptors (Lipinski definition) is 8. The lowest BCUT2D eigenvalue weighted by molar-refractivity contribution is -0.151. The van der Waals surface area contributed by atoms with Crippen LogP contribution in [0.4, 0.5) is 0 Å². The zero-order valence-corrected chi connectivity index (χ0v) is 26.4. The number of rotatable bonds is 22. The third-order valence-corrected chi connectivity index (χ3v) is 7.66. The summed E-state index contributed by atoms with van der Waals surface area (Å²) in [6.07, 6.45) is 11.7. The van der Waals surface area contributed by atoms with Gasteiger partial charge in [0.05, 0.1) is 6.54 Å². The van der Waals surface area contributed by atoms with Gasteiger partial charge in [-0.15, -0.1) is 0 Å². The number of esters is 1. The van der Waals surface area contributed by atoms with Gasteiger partial charge in [0.25, 0.3) is 5.91 Å². The highest BCUT2D eigenvalue weighted by atomic mass is 16.5. The number of allylic oxidation sites excluding steroid dienone is 1. The summed E-state index contributed by atoms with van der Waals surface area (Å²) in [6.45, 7) is 6.17. The topological polar surface area (TPSA) is 154 Å². The number of carbonyl (C=O) groups excluding carboxylic acids is 3. The number of ether oxygens (including phenoxy) is 2. The van der Waals surface area contributed by atoms with Crippen LogP contribution in [0.2, 0.25) is 0 Å². The van der Waals surface area contributed by atoms with Crippen LogP contribution in [0.15, 0.2) is 12.2 Å². The molecule has 0 aromatic carbocycles. The molecule has 1 fully saturated rings. The Morgan fingerprint density at radius 2 is 1.48 bits per heavy atom. The number of unbranched alkanes of at least 4 members (excludes halogenated alkanes) is 11. The summed E-state index contributed by atoms with van der Waals surface area (Å²) in [7, 11) is 1.19. The highest BCUT2D eigenvalue weighted by Crippen LogP contribution is 2.16. The molecule has 0 bridgehead atoms. The highest BCUT2D eigenvalue weighted by molar-refractivity contribution is 5.89. The van der Waals surface area contributed by atoms with Crippen molar-refractivity contribution in [3.8, 4) is 0 Å². The Bertz CT molecular complexity index is 790. The van der Waals surface area contributed by atoms with E-state index in [1.807, 2.05) is 13.8 Å². The number of amides is 2. The van der Waals surface area contributed by atoms with E-state index in [2.05, 4.69) is 17.6 Å². The fourth-order valence-electron chi connectivity index (χ4n) is 5.00. The van der Waals surface area contributed by atoms with Gasteiger partial charge in [-0.25, -0.2) is 0 Å². The zero-order chi connectivity index (χ0) is 31.3. The fraction of sp³-hybridized carbons (Fsp3) is 0.844. The summed E-state index contributed by atoms with van der Waals surface area (Å²) in [5.41, 5.74) is 0. The Morgan fingerprint density at radius 3 is 2.02 bits per heavy atom. The van der Waals surface area contributed by atoms with Gasteiger partial charge in [0.2, 0.25) is 5.91 Å². The Morgan fingerprint density at radius 1 is 0.905 bits per heavy atom. The van der Waals surface area contributed by atoms with Crippen LogP contribution >= 0.6 is 0 Å². The van der Waals surface area contributed by atoms with Gasteiger partial charge in [-0.05, 0) is 25.2 Å². The Kier molecular flexibility index (Phi) is 20.4. The first-order valence-electron chi connectivity index (χ1n) is 16.1. The average Bonchev–Trinajstić information content (AvgIpc) is 3.12. The quantitative estimate of drug-likeness (QED) is 0.0718. The van der Waals surface area contributed by atoms with Crippen LogP contribution in [0.5, 0.6) is 0 Å². The number of nitrogens with one attached hydrogen (secondary N) is 2. The minimum absolute atomic E-state index is 0.122. The minimum Gasteiger partial charge on any atom is -0.460 e.